The summed E-state index contributed by atoms with van der Waals surface area (Å²) in [7, 11) is 0. The first-order chi connectivity index (χ1) is 19.1. The fourth-order valence-electron chi connectivity index (χ4n) is 4.87. The number of carbonyl (C=O) groups excluding carboxylic acids is 1. The Hall–Kier alpha value is -4.04. The molecule has 1 saturated heterocycles. The molecule has 5 rings (SSSR count). The number of rotatable bonds is 7. The van der Waals surface area contributed by atoms with Crippen LogP contribution in [0, 0.1) is 6.92 Å². The van der Waals surface area contributed by atoms with E-state index in [1.165, 1.54) is 29.4 Å². The molecule has 11 nitrogen and oxygen atoms in total. The van der Waals surface area contributed by atoms with Crippen LogP contribution >= 0.6 is 0 Å². The number of aliphatic hydroxyl groups is 2. The number of nitrogens with zero attached hydrogens (tertiary/aromatic N) is 6. The van der Waals surface area contributed by atoms with Gasteiger partial charge in [-0.3, -0.25) is 4.90 Å². The highest BCUT2D eigenvalue weighted by Crippen LogP contribution is 2.41. The van der Waals surface area contributed by atoms with Crippen molar-refractivity contribution in [3.8, 4) is 17.4 Å². The highest BCUT2D eigenvalue weighted by Gasteiger charge is 2.40. The fraction of sp³-hybridized carbons (Fsp3) is 0.423. The normalized spacial score (nSPS) is 17.3. The minimum atomic E-state index is -4.52. The zero-order valence-electron chi connectivity index (χ0n) is 21.6. The molecule has 0 radical (unpaired) electrons. The number of piperidine rings is 1. The van der Waals surface area contributed by atoms with E-state index >= 15 is 0 Å². The summed E-state index contributed by atoms with van der Waals surface area (Å²) in [6, 6.07) is 4.17. The van der Waals surface area contributed by atoms with Crippen LogP contribution in [0.15, 0.2) is 36.7 Å². The van der Waals surface area contributed by atoms with Crippen molar-refractivity contribution in [2.75, 3.05) is 41.4 Å². The molecule has 2 amide bonds. The van der Waals surface area contributed by atoms with E-state index in [1.807, 2.05) is 0 Å². The summed E-state index contributed by atoms with van der Waals surface area (Å²) in [6.07, 6.45) is -0.883. The molecule has 3 N–H and O–H groups in total. The molecule has 212 valence electrons. The van der Waals surface area contributed by atoms with Crippen molar-refractivity contribution < 1.29 is 32.9 Å². The van der Waals surface area contributed by atoms with Gasteiger partial charge in [-0.2, -0.15) is 13.2 Å². The number of fused-ring (bicyclic) bond motifs is 4. The van der Waals surface area contributed by atoms with Gasteiger partial charge < -0.3 is 25.2 Å². The van der Waals surface area contributed by atoms with Crippen molar-refractivity contribution in [1.82, 2.24) is 19.9 Å². The Bertz CT molecular complexity index is 1370. The summed E-state index contributed by atoms with van der Waals surface area (Å²) in [6.45, 7) is 2.82. The number of nitrogens with one attached hydrogen (secondary N) is 1. The van der Waals surface area contributed by atoms with Crippen molar-refractivity contribution in [3.05, 3.63) is 47.9 Å². The molecule has 14 heteroatoms. The van der Waals surface area contributed by atoms with Crippen LogP contribution in [-0.2, 0) is 6.18 Å². The van der Waals surface area contributed by atoms with Gasteiger partial charge in [0.25, 0.3) is 0 Å². The van der Waals surface area contributed by atoms with Crippen LogP contribution in [0.2, 0.25) is 0 Å². The number of amides is 2. The molecular weight excluding hydrogens is 531 g/mol. The Morgan fingerprint density at radius 2 is 2.02 bits per heavy atom. The Kier molecular flexibility index (Phi) is 7.72. The summed E-state index contributed by atoms with van der Waals surface area (Å²) in [4.78, 5) is 34.5. The third-order valence-electron chi connectivity index (χ3n) is 6.79. The highest BCUT2D eigenvalue weighted by molar-refractivity contribution is 6.04. The largest absolute Gasteiger partial charge is 0.463 e. The van der Waals surface area contributed by atoms with E-state index in [-0.39, 0.29) is 43.1 Å². The number of alkyl halides is 3. The van der Waals surface area contributed by atoms with Crippen LogP contribution in [0.1, 0.15) is 30.5 Å². The summed E-state index contributed by atoms with van der Waals surface area (Å²) in [5.41, 5.74) is 0.925. The first-order valence-electron chi connectivity index (χ1n) is 12.8. The molecule has 1 aromatic carbocycles. The number of anilines is 3. The quantitative estimate of drug-likeness (QED) is 0.398. The average molecular weight is 560 g/mol. The maximum Gasteiger partial charge on any atom is 0.416 e. The number of urea groups is 1. The van der Waals surface area contributed by atoms with Crippen LogP contribution in [0.4, 0.5) is 35.2 Å². The van der Waals surface area contributed by atoms with Crippen molar-refractivity contribution >= 4 is 23.2 Å². The van der Waals surface area contributed by atoms with E-state index in [4.69, 9.17) is 9.84 Å². The fourth-order valence-corrected chi connectivity index (χ4v) is 4.87. The zero-order valence-corrected chi connectivity index (χ0v) is 21.6. The number of hydrogen-bond donors (Lipinski definition) is 3. The topological polar surface area (TPSA) is 137 Å². The van der Waals surface area contributed by atoms with Gasteiger partial charge in [0, 0.05) is 25.1 Å². The third kappa shape index (κ3) is 5.77. The molecule has 2 aromatic heterocycles. The second-order valence-corrected chi connectivity index (χ2v) is 9.65. The van der Waals surface area contributed by atoms with Gasteiger partial charge in [0.1, 0.15) is 5.69 Å². The number of carbonyl (C=O) groups is 1. The smallest absolute Gasteiger partial charge is 0.416 e. The number of hydrogen-bond acceptors (Lipinski definition) is 9. The van der Waals surface area contributed by atoms with Gasteiger partial charge in [-0.25, -0.2) is 24.7 Å². The van der Waals surface area contributed by atoms with E-state index in [0.717, 1.165) is 31.5 Å². The van der Waals surface area contributed by atoms with Gasteiger partial charge in [-0.15, -0.1) is 0 Å². The lowest BCUT2D eigenvalue weighted by molar-refractivity contribution is -0.137. The lowest BCUT2D eigenvalue weighted by atomic mass is 9.99. The Morgan fingerprint density at radius 1 is 1.25 bits per heavy atom. The van der Waals surface area contributed by atoms with E-state index in [9.17, 15) is 23.1 Å². The molecule has 0 unspecified atom stereocenters. The molecule has 3 aromatic rings. The average Bonchev–Trinajstić information content (AvgIpc) is 2.93. The standard InChI is InChI=1S/C26H28F3N7O4/c1-15-21-23(34-22(32-15)16-4-2-5-17(10-16)26(27,28)29)36(19-6-3-8-35(21)13-19)25(39)33-18-11-30-24(31-12-18)40-9-7-20(38)14-37/h2,4-5,10-12,19-20,37-38H,3,6-9,13-14H2,1H3,(H,33,39)/t19-,20-/m0/s1. The van der Waals surface area contributed by atoms with E-state index < -0.39 is 23.9 Å². The van der Waals surface area contributed by atoms with Crippen molar-refractivity contribution in [2.24, 2.45) is 0 Å². The predicted molar refractivity (Wildman–Crippen MR) is 139 cm³/mol. The predicted octanol–water partition coefficient (Wildman–Crippen LogP) is 3.40. The number of aliphatic hydroxyl groups excluding tert-OH is 2. The zero-order chi connectivity index (χ0) is 28.4. The second-order valence-electron chi connectivity index (χ2n) is 9.65. The monoisotopic (exact) mass is 559 g/mol. The minimum Gasteiger partial charge on any atom is -0.463 e. The molecule has 2 aliphatic heterocycles. The van der Waals surface area contributed by atoms with Gasteiger partial charge >= 0.3 is 18.2 Å². The van der Waals surface area contributed by atoms with E-state index in [1.54, 1.807) is 6.92 Å². The first-order valence-corrected chi connectivity index (χ1v) is 12.8. The summed E-state index contributed by atoms with van der Waals surface area (Å²) < 4.78 is 45.4. The molecule has 0 spiro atoms. The van der Waals surface area contributed by atoms with E-state index in [0.29, 0.717) is 29.4 Å². The van der Waals surface area contributed by atoms with E-state index in [2.05, 4.69) is 30.2 Å². The second kappa shape index (κ2) is 11.2. The number of halogens is 3. The lowest BCUT2D eigenvalue weighted by Gasteiger charge is -2.46. The Labute approximate surface area is 227 Å². The minimum absolute atomic E-state index is 0.0449. The first kappa shape index (κ1) is 27.5. The Morgan fingerprint density at radius 3 is 2.75 bits per heavy atom. The number of aromatic nitrogens is 4. The van der Waals surface area contributed by atoms with Crippen molar-refractivity contribution in [1.29, 1.82) is 0 Å². The van der Waals surface area contributed by atoms with Crippen LogP contribution in [-0.4, -0.2) is 74.6 Å². The van der Waals surface area contributed by atoms with Crippen LogP contribution in [0.25, 0.3) is 11.4 Å². The number of ether oxygens (including phenoxy) is 1. The SMILES string of the molecule is Cc1nc(-c2cccc(C(F)(F)F)c2)nc2c1N1CCC[C@@H](C1)N2C(=O)Nc1cnc(OCC[C@H](O)CO)nc1. The molecule has 2 atom stereocenters. The van der Waals surface area contributed by atoms with Crippen LogP contribution in [0.3, 0.4) is 0 Å². The highest BCUT2D eigenvalue weighted by atomic mass is 19.4. The van der Waals surface area contributed by atoms with Gasteiger partial charge in [0.2, 0.25) is 0 Å². The van der Waals surface area contributed by atoms with Gasteiger partial charge in [-0.05, 0) is 31.9 Å². The molecule has 2 aliphatic rings. The molecule has 0 aliphatic carbocycles. The molecular formula is C26H28F3N7O4. The molecule has 4 heterocycles. The maximum atomic E-state index is 13.6. The molecule has 2 bridgehead atoms. The van der Waals surface area contributed by atoms with Crippen molar-refractivity contribution in [2.45, 2.75) is 44.5 Å². The molecule has 1 fully saturated rings. The van der Waals surface area contributed by atoms with Crippen molar-refractivity contribution in [3.63, 3.8) is 0 Å². The third-order valence-corrected chi connectivity index (χ3v) is 6.79. The van der Waals surface area contributed by atoms with Crippen LogP contribution in [0.5, 0.6) is 6.01 Å². The summed E-state index contributed by atoms with van der Waals surface area (Å²) >= 11 is 0. The number of benzene rings is 1. The van der Waals surface area contributed by atoms with Gasteiger partial charge in [0.05, 0.1) is 54.7 Å². The van der Waals surface area contributed by atoms with Crippen LogP contribution < -0.4 is 19.9 Å². The summed E-state index contributed by atoms with van der Waals surface area (Å²) in [5, 5.41) is 21.0. The Balaban J connectivity index is 1.41. The summed E-state index contributed by atoms with van der Waals surface area (Å²) in [5.74, 6) is 0.425. The number of aryl methyl sites for hydroxylation is 1. The lowest BCUT2D eigenvalue weighted by Crippen LogP contribution is -2.56. The van der Waals surface area contributed by atoms with Gasteiger partial charge in [-0.1, -0.05) is 12.1 Å². The molecule has 0 saturated carbocycles. The van der Waals surface area contributed by atoms with Gasteiger partial charge in [0.15, 0.2) is 11.6 Å². The maximum absolute atomic E-state index is 13.6. The molecule has 40 heavy (non-hydrogen) atoms.